The van der Waals surface area contributed by atoms with Crippen LogP contribution >= 0.6 is 11.6 Å². The molecule has 98 valence electrons. The number of hydrogen-bond donors (Lipinski definition) is 1. The first-order valence-electron chi connectivity index (χ1n) is 6.15. The van der Waals surface area contributed by atoms with E-state index in [9.17, 15) is 0 Å². The molecule has 1 heterocycles. The fourth-order valence-electron chi connectivity index (χ4n) is 1.92. The van der Waals surface area contributed by atoms with E-state index < -0.39 is 0 Å². The van der Waals surface area contributed by atoms with Gasteiger partial charge in [-0.05, 0) is 26.9 Å². The molecule has 4 nitrogen and oxygen atoms in total. The Bertz CT molecular complexity index is 349. The Morgan fingerprint density at radius 3 is 2.59 bits per heavy atom. The third kappa shape index (κ3) is 3.98. The van der Waals surface area contributed by atoms with Gasteiger partial charge in [0.15, 0.2) is 0 Å². The lowest BCUT2D eigenvalue weighted by Crippen LogP contribution is -2.31. The molecule has 17 heavy (non-hydrogen) atoms. The Hall–Kier alpha value is -0.580. The van der Waals surface area contributed by atoms with Gasteiger partial charge in [0, 0.05) is 26.7 Å². The largest absolute Gasteiger partial charge is 0.318 e. The molecule has 0 atom stereocenters. The van der Waals surface area contributed by atoms with Crippen LogP contribution in [0.1, 0.15) is 24.7 Å². The normalized spacial score (nSPS) is 11.4. The van der Waals surface area contributed by atoms with Crippen molar-refractivity contribution in [3.05, 3.63) is 16.4 Å². The number of hydrogen-bond acceptors (Lipinski definition) is 3. The standard InChI is InChI=1S/C12H23ClN4/c1-5-7-17(8-6-14-3)9-11-12(13)10(2)15-16(11)4/h14H,5-9H2,1-4H3. The van der Waals surface area contributed by atoms with E-state index >= 15 is 0 Å². The van der Waals surface area contributed by atoms with Gasteiger partial charge < -0.3 is 5.32 Å². The molecular formula is C12H23ClN4. The van der Waals surface area contributed by atoms with Gasteiger partial charge in [-0.15, -0.1) is 0 Å². The van der Waals surface area contributed by atoms with Crippen LogP contribution < -0.4 is 5.32 Å². The van der Waals surface area contributed by atoms with E-state index in [1.54, 1.807) is 0 Å². The zero-order chi connectivity index (χ0) is 12.8. The summed E-state index contributed by atoms with van der Waals surface area (Å²) in [5.74, 6) is 0. The van der Waals surface area contributed by atoms with Crippen molar-refractivity contribution >= 4 is 11.6 Å². The third-order valence-corrected chi connectivity index (χ3v) is 3.34. The molecule has 1 aromatic heterocycles. The molecule has 0 fully saturated rings. The molecule has 0 unspecified atom stereocenters. The summed E-state index contributed by atoms with van der Waals surface area (Å²) in [7, 11) is 3.93. The van der Waals surface area contributed by atoms with Gasteiger partial charge >= 0.3 is 0 Å². The number of nitrogens with one attached hydrogen (secondary N) is 1. The molecule has 0 aliphatic rings. The first kappa shape index (κ1) is 14.5. The third-order valence-electron chi connectivity index (χ3n) is 2.85. The molecule has 0 amide bonds. The van der Waals surface area contributed by atoms with Crippen LogP contribution in [0.2, 0.25) is 5.02 Å². The molecule has 0 aliphatic carbocycles. The number of aryl methyl sites for hydroxylation is 2. The van der Waals surface area contributed by atoms with E-state index in [4.69, 9.17) is 11.6 Å². The topological polar surface area (TPSA) is 33.1 Å². The molecule has 1 rings (SSSR count). The van der Waals surface area contributed by atoms with Gasteiger partial charge in [0.2, 0.25) is 0 Å². The van der Waals surface area contributed by atoms with E-state index in [1.165, 1.54) is 0 Å². The van der Waals surface area contributed by atoms with Crippen molar-refractivity contribution in [2.45, 2.75) is 26.8 Å². The van der Waals surface area contributed by atoms with E-state index in [1.807, 2.05) is 25.7 Å². The molecule has 0 bridgehead atoms. The second kappa shape index (κ2) is 6.99. The molecule has 0 spiro atoms. The van der Waals surface area contributed by atoms with E-state index in [0.29, 0.717) is 0 Å². The summed E-state index contributed by atoms with van der Waals surface area (Å²) in [4.78, 5) is 2.40. The van der Waals surface area contributed by atoms with Gasteiger partial charge in [-0.1, -0.05) is 18.5 Å². The second-order valence-electron chi connectivity index (χ2n) is 4.35. The molecule has 0 aromatic carbocycles. The van der Waals surface area contributed by atoms with Crippen molar-refractivity contribution in [1.29, 1.82) is 0 Å². The summed E-state index contributed by atoms with van der Waals surface area (Å²) in [6.07, 6.45) is 1.15. The maximum Gasteiger partial charge on any atom is 0.0860 e. The van der Waals surface area contributed by atoms with Crippen molar-refractivity contribution in [2.75, 3.05) is 26.7 Å². The molecule has 5 heteroatoms. The second-order valence-corrected chi connectivity index (χ2v) is 4.73. The van der Waals surface area contributed by atoms with Gasteiger partial charge in [0.05, 0.1) is 16.4 Å². The van der Waals surface area contributed by atoms with Gasteiger partial charge in [-0.3, -0.25) is 9.58 Å². The highest BCUT2D eigenvalue weighted by Gasteiger charge is 2.14. The summed E-state index contributed by atoms with van der Waals surface area (Å²) in [6.45, 7) is 8.12. The number of nitrogens with zero attached hydrogens (tertiary/aromatic N) is 3. The van der Waals surface area contributed by atoms with Gasteiger partial charge in [0.25, 0.3) is 0 Å². The molecule has 0 saturated carbocycles. The quantitative estimate of drug-likeness (QED) is 0.810. The van der Waals surface area contributed by atoms with Crippen LogP contribution in [0.15, 0.2) is 0 Å². The van der Waals surface area contributed by atoms with Gasteiger partial charge in [-0.25, -0.2) is 0 Å². The van der Waals surface area contributed by atoms with Crippen molar-refractivity contribution in [1.82, 2.24) is 20.0 Å². The Morgan fingerprint density at radius 2 is 2.12 bits per heavy atom. The highest BCUT2D eigenvalue weighted by Crippen LogP contribution is 2.20. The van der Waals surface area contributed by atoms with E-state index in [-0.39, 0.29) is 0 Å². The van der Waals surface area contributed by atoms with Crippen LogP contribution in [0.3, 0.4) is 0 Å². The summed E-state index contributed by atoms with van der Waals surface area (Å²) in [5, 5.41) is 8.33. The number of likely N-dealkylation sites (N-methyl/N-ethyl adjacent to an activating group) is 1. The molecule has 1 N–H and O–H groups in total. The Labute approximate surface area is 109 Å². The predicted octanol–water partition coefficient (Wildman–Crippen LogP) is 1.81. The summed E-state index contributed by atoms with van der Waals surface area (Å²) in [6, 6.07) is 0. The first-order chi connectivity index (χ1) is 8.10. The van der Waals surface area contributed by atoms with Gasteiger partial charge in [-0.2, -0.15) is 5.10 Å². The first-order valence-corrected chi connectivity index (χ1v) is 6.52. The SMILES string of the molecule is CCCN(CCNC)Cc1c(Cl)c(C)nn1C. The van der Waals surface area contributed by atoms with Crippen LogP contribution in [0.5, 0.6) is 0 Å². The zero-order valence-electron chi connectivity index (χ0n) is 11.3. The monoisotopic (exact) mass is 258 g/mol. The lowest BCUT2D eigenvalue weighted by atomic mass is 10.3. The maximum absolute atomic E-state index is 6.27. The summed E-state index contributed by atoms with van der Waals surface area (Å²) >= 11 is 6.27. The van der Waals surface area contributed by atoms with Crippen LogP contribution in [-0.4, -0.2) is 41.4 Å². The van der Waals surface area contributed by atoms with Crippen LogP contribution in [-0.2, 0) is 13.6 Å². The van der Waals surface area contributed by atoms with Crippen molar-refractivity contribution in [3.63, 3.8) is 0 Å². The summed E-state index contributed by atoms with van der Waals surface area (Å²) < 4.78 is 1.89. The average Bonchev–Trinajstić information content (AvgIpc) is 2.53. The fourth-order valence-corrected chi connectivity index (χ4v) is 2.14. The van der Waals surface area contributed by atoms with Crippen molar-refractivity contribution in [2.24, 2.45) is 7.05 Å². The fraction of sp³-hybridized carbons (Fsp3) is 0.750. The van der Waals surface area contributed by atoms with Gasteiger partial charge in [0.1, 0.15) is 0 Å². The molecule has 0 saturated heterocycles. The Balaban J connectivity index is 2.70. The molecule has 0 aliphatic heterocycles. The minimum absolute atomic E-state index is 0.804. The number of halogens is 1. The maximum atomic E-state index is 6.27. The lowest BCUT2D eigenvalue weighted by Gasteiger charge is -2.21. The van der Waals surface area contributed by atoms with Crippen LogP contribution in [0.4, 0.5) is 0 Å². The highest BCUT2D eigenvalue weighted by atomic mass is 35.5. The molecule has 1 aromatic rings. The smallest absolute Gasteiger partial charge is 0.0860 e. The molecule has 0 radical (unpaired) electrons. The minimum atomic E-state index is 0.804. The van der Waals surface area contributed by atoms with Crippen molar-refractivity contribution < 1.29 is 0 Å². The molecular weight excluding hydrogens is 236 g/mol. The van der Waals surface area contributed by atoms with Crippen molar-refractivity contribution in [3.8, 4) is 0 Å². The summed E-state index contributed by atoms with van der Waals surface area (Å²) in [5.41, 5.74) is 2.02. The predicted molar refractivity (Wildman–Crippen MR) is 72.4 cm³/mol. The van der Waals surface area contributed by atoms with Crippen LogP contribution in [0.25, 0.3) is 0 Å². The Kier molecular flexibility index (Phi) is 5.95. The van der Waals surface area contributed by atoms with Crippen LogP contribution in [0, 0.1) is 6.92 Å². The van der Waals surface area contributed by atoms with E-state index in [0.717, 1.165) is 49.0 Å². The average molecular weight is 259 g/mol. The highest BCUT2D eigenvalue weighted by molar-refractivity contribution is 6.31. The Morgan fingerprint density at radius 1 is 1.41 bits per heavy atom. The number of aromatic nitrogens is 2. The number of rotatable bonds is 7. The lowest BCUT2D eigenvalue weighted by molar-refractivity contribution is 0.261. The van der Waals surface area contributed by atoms with E-state index in [2.05, 4.69) is 22.2 Å². The zero-order valence-corrected chi connectivity index (χ0v) is 12.0. The minimum Gasteiger partial charge on any atom is -0.318 e.